The van der Waals surface area contributed by atoms with Crippen LogP contribution in [0.4, 0.5) is 13.2 Å². The maximum Gasteiger partial charge on any atom is 0.412 e. The first-order valence-electron chi connectivity index (χ1n) is 5.75. The predicted molar refractivity (Wildman–Crippen MR) is 66.9 cm³/mol. The Morgan fingerprint density at radius 1 is 1.37 bits per heavy atom. The van der Waals surface area contributed by atoms with Gasteiger partial charge < -0.3 is 14.3 Å². The Labute approximate surface area is 112 Å². The average molecular weight is 288 g/mol. The number of rotatable bonds is 2. The monoisotopic (exact) mass is 288 g/mol. The molecule has 3 nitrogen and oxygen atoms in total. The highest BCUT2D eigenvalue weighted by Gasteiger charge is 2.65. The van der Waals surface area contributed by atoms with E-state index in [1.807, 2.05) is 0 Å². The van der Waals surface area contributed by atoms with Crippen molar-refractivity contribution < 1.29 is 17.9 Å². The van der Waals surface area contributed by atoms with Crippen molar-refractivity contribution in [3.05, 3.63) is 23.0 Å². The Morgan fingerprint density at radius 3 is 2.58 bits per heavy atom. The van der Waals surface area contributed by atoms with Gasteiger partial charge in [-0.3, -0.25) is 0 Å². The van der Waals surface area contributed by atoms with Gasteiger partial charge in [0.25, 0.3) is 0 Å². The summed E-state index contributed by atoms with van der Waals surface area (Å²) < 4.78 is 46.1. The van der Waals surface area contributed by atoms with E-state index < -0.39 is 11.7 Å². The summed E-state index contributed by atoms with van der Waals surface area (Å²) in [5, 5.41) is 0. The third-order valence-corrected chi connectivity index (χ3v) is 3.85. The number of ether oxygens (including phenoxy) is 1. The van der Waals surface area contributed by atoms with Crippen LogP contribution in [0.5, 0.6) is 5.75 Å². The Kier molecular flexibility index (Phi) is 2.47. The van der Waals surface area contributed by atoms with E-state index in [2.05, 4.69) is 4.98 Å². The molecule has 0 bridgehead atoms. The zero-order valence-corrected chi connectivity index (χ0v) is 10.9. The second-order valence-corrected chi connectivity index (χ2v) is 5.06. The van der Waals surface area contributed by atoms with Gasteiger partial charge in [0, 0.05) is 6.07 Å². The van der Waals surface area contributed by atoms with Crippen molar-refractivity contribution >= 4 is 23.3 Å². The van der Waals surface area contributed by atoms with Crippen LogP contribution < -0.4 is 4.74 Å². The Bertz CT molecular complexity index is 697. The molecule has 1 aliphatic carbocycles. The third-order valence-electron chi connectivity index (χ3n) is 3.57. The molecule has 0 spiro atoms. The molecule has 2 aromatic rings. The first kappa shape index (κ1) is 12.5. The number of H-pyrrole nitrogens is 1. The summed E-state index contributed by atoms with van der Waals surface area (Å²) in [6.07, 6.45) is -4.17. The van der Waals surface area contributed by atoms with Crippen molar-refractivity contribution in [3.8, 4) is 5.75 Å². The lowest BCUT2D eigenvalue weighted by Gasteiger charge is -2.21. The fourth-order valence-electron chi connectivity index (χ4n) is 2.39. The van der Waals surface area contributed by atoms with Crippen molar-refractivity contribution in [2.24, 2.45) is 0 Å². The molecule has 102 valence electrons. The minimum Gasteiger partial charge on any atom is -0.497 e. The molecule has 0 amide bonds. The molecule has 0 atom stereocenters. The lowest BCUT2D eigenvalue weighted by molar-refractivity contribution is -0.179. The molecular formula is C12H11F3N2OS. The third kappa shape index (κ3) is 1.68. The number of nitrogens with one attached hydrogen (secondary N) is 1. The quantitative estimate of drug-likeness (QED) is 0.853. The zero-order chi connectivity index (χ0) is 13.8. The van der Waals surface area contributed by atoms with Crippen LogP contribution >= 0.6 is 12.2 Å². The number of aromatic amines is 1. The Morgan fingerprint density at radius 2 is 2.05 bits per heavy atom. The molecule has 1 aliphatic rings. The lowest BCUT2D eigenvalue weighted by atomic mass is 10.2. The van der Waals surface area contributed by atoms with Gasteiger partial charge in [0.15, 0.2) is 4.77 Å². The smallest absolute Gasteiger partial charge is 0.412 e. The second kappa shape index (κ2) is 3.75. The highest BCUT2D eigenvalue weighted by atomic mass is 32.1. The fourth-order valence-corrected chi connectivity index (χ4v) is 2.77. The molecule has 1 heterocycles. The highest BCUT2D eigenvalue weighted by molar-refractivity contribution is 7.71. The zero-order valence-electron chi connectivity index (χ0n) is 10.0. The van der Waals surface area contributed by atoms with Gasteiger partial charge in [-0.2, -0.15) is 13.2 Å². The number of alkyl halides is 3. The molecule has 1 saturated carbocycles. The van der Waals surface area contributed by atoms with Crippen LogP contribution in [0.2, 0.25) is 0 Å². The van der Waals surface area contributed by atoms with E-state index in [1.54, 1.807) is 18.2 Å². The number of benzene rings is 1. The number of fused-ring (bicyclic) bond motifs is 1. The first-order valence-corrected chi connectivity index (χ1v) is 6.16. The van der Waals surface area contributed by atoms with Crippen molar-refractivity contribution in [3.63, 3.8) is 0 Å². The van der Waals surface area contributed by atoms with Crippen LogP contribution in [-0.4, -0.2) is 22.8 Å². The number of aromatic nitrogens is 2. The van der Waals surface area contributed by atoms with Crippen LogP contribution in [0, 0.1) is 4.77 Å². The van der Waals surface area contributed by atoms with Crippen molar-refractivity contribution in [2.45, 2.75) is 24.6 Å². The molecule has 7 heteroatoms. The van der Waals surface area contributed by atoms with Crippen LogP contribution in [-0.2, 0) is 5.54 Å². The molecule has 0 radical (unpaired) electrons. The van der Waals surface area contributed by atoms with Crippen molar-refractivity contribution in [1.29, 1.82) is 0 Å². The highest BCUT2D eigenvalue weighted by Crippen LogP contribution is 2.56. The van der Waals surface area contributed by atoms with Crippen LogP contribution in [0.1, 0.15) is 12.8 Å². The van der Waals surface area contributed by atoms with E-state index in [4.69, 9.17) is 17.0 Å². The van der Waals surface area contributed by atoms with E-state index in [0.29, 0.717) is 16.8 Å². The maximum absolute atomic E-state index is 13.2. The van der Waals surface area contributed by atoms with E-state index >= 15 is 0 Å². The SMILES string of the molecule is COc1ccc2[nH]c(=S)n(C3(C(F)(F)F)CC3)c2c1. The molecule has 1 aromatic carbocycles. The van der Waals surface area contributed by atoms with E-state index in [9.17, 15) is 13.2 Å². The minimum atomic E-state index is -4.30. The van der Waals surface area contributed by atoms with Crippen LogP contribution in [0.15, 0.2) is 18.2 Å². The lowest BCUT2D eigenvalue weighted by Crippen LogP contribution is -2.34. The van der Waals surface area contributed by atoms with Gasteiger partial charge in [-0.05, 0) is 37.2 Å². The molecule has 1 N–H and O–H groups in total. The van der Waals surface area contributed by atoms with Crippen LogP contribution in [0.25, 0.3) is 11.0 Å². The van der Waals surface area contributed by atoms with Crippen LogP contribution in [0.3, 0.4) is 0 Å². The number of hydrogen-bond donors (Lipinski definition) is 1. The molecule has 0 saturated heterocycles. The molecule has 0 aliphatic heterocycles. The standard InChI is InChI=1S/C12H11F3N2OS/c1-18-7-2-3-8-9(6-7)17(10(19)16-8)11(4-5-11)12(13,14)15/h2-3,6H,4-5H2,1H3,(H,16,19). The number of hydrogen-bond acceptors (Lipinski definition) is 2. The van der Waals surface area contributed by atoms with E-state index in [1.165, 1.54) is 11.7 Å². The van der Waals surface area contributed by atoms with Crippen molar-refractivity contribution in [2.75, 3.05) is 7.11 Å². The van der Waals surface area contributed by atoms with Gasteiger partial charge in [0.05, 0.1) is 18.1 Å². The topological polar surface area (TPSA) is 29.9 Å². The van der Waals surface area contributed by atoms with Crippen molar-refractivity contribution in [1.82, 2.24) is 9.55 Å². The largest absolute Gasteiger partial charge is 0.497 e. The summed E-state index contributed by atoms with van der Waals surface area (Å²) in [6.45, 7) is 0. The first-order chi connectivity index (χ1) is 8.89. The van der Waals surface area contributed by atoms with E-state index in [-0.39, 0.29) is 17.6 Å². The Hall–Kier alpha value is -1.50. The van der Waals surface area contributed by atoms with Gasteiger partial charge in [-0.1, -0.05) is 0 Å². The average Bonchev–Trinajstić information content (AvgIpc) is 3.07. The summed E-state index contributed by atoms with van der Waals surface area (Å²) >= 11 is 5.06. The molecule has 3 rings (SSSR count). The molecule has 19 heavy (non-hydrogen) atoms. The molecule has 1 fully saturated rings. The Balaban J connectivity index is 2.29. The van der Waals surface area contributed by atoms with Gasteiger partial charge in [-0.15, -0.1) is 0 Å². The second-order valence-electron chi connectivity index (χ2n) is 4.68. The summed E-state index contributed by atoms with van der Waals surface area (Å²) in [7, 11) is 1.48. The summed E-state index contributed by atoms with van der Waals surface area (Å²) in [4.78, 5) is 2.82. The fraction of sp³-hybridized carbons (Fsp3) is 0.417. The maximum atomic E-state index is 13.2. The number of imidazole rings is 1. The number of methoxy groups -OCH3 is 1. The molecular weight excluding hydrogens is 277 g/mol. The van der Waals surface area contributed by atoms with Gasteiger partial charge >= 0.3 is 6.18 Å². The van der Waals surface area contributed by atoms with Gasteiger partial charge in [0.2, 0.25) is 0 Å². The summed E-state index contributed by atoms with van der Waals surface area (Å²) in [6, 6.07) is 4.94. The van der Waals surface area contributed by atoms with Gasteiger partial charge in [-0.25, -0.2) is 0 Å². The van der Waals surface area contributed by atoms with E-state index in [0.717, 1.165) is 0 Å². The number of nitrogens with zero attached hydrogens (tertiary/aromatic N) is 1. The number of halogens is 3. The summed E-state index contributed by atoms with van der Waals surface area (Å²) in [5.41, 5.74) is -0.838. The predicted octanol–water partition coefficient (Wildman–Crippen LogP) is 3.76. The minimum absolute atomic E-state index is 0.0645. The van der Waals surface area contributed by atoms with Gasteiger partial charge in [0.1, 0.15) is 11.3 Å². The normalized spacial score (nSPS) is 17.7. The summed E-state index contributed by atoms with van der Waals surface area (Å²) in [5.74, 6) is 0.508. The molecule has 1 aromatic heterocycles. The molecule has 0 unspecified atom stereocenters.